The van der Waals surface area contributed by atoms with Crippen molar-refractivity contribution in [1.82, 2.24) is 9.80 Å². The molecule has 0 aliphatic carbocycles. The number of carbonyl (C=O) groups excluding carboxylic acids is 2. The van der Waals surface area contributed by atoms with Gasteiger partial charge in [0.1, 0.15) is 23.9 Å². The molecule has 1 amide bonds. The van der Waals surface area contributed by atoms with Crippen molar-refractivity contribution in [2.24, 2.45) is 0 Å². The Labute approximate surface area is 234 Å². The number of carbonyl (C=O) groups is 2. The first-order valence-electron chi connectivity index (χ1n) is 13.5. The summed E-state index contributed by atoms with van der Waals surface area (Å²) in [7, 11) is 1.57. The molecule has 0 spiro atoms. The third kappa shape index (κ3) is 6.03. The molecule has 1 N–H and O–H groups in total. The lowest BCUT2D eigenvalue weighted by Crippen LogP contribution is -2.42. The Kier molecular flexibility index (Phi) is 8.48. The van der Waals surface area contributed by atoms with Gasteiger partial charge in [0.15, 0.2) is 0 Å². The molecule has 0 unspecified atom stereocenters. The van der Waals surface area contributed by atoms with Gasteiger partial charge < -0.3 is 24.2 Å². The van der Waals surface area contributed by atoms with E-state index in [1.54, 1.807) is 48.4 Å². The van der Waals surface area contributed by atoms with Gasteiger partial charge in [-0.05, 0) is 54.4 Å². The maximum absolute atomic E-state index is 13.4. The second-order valence-electron chi connectivity index (χ2n) is 10.0. The van der Waals surface area contributed by atoms with Gasteiger partial charge in [0.05, 0.1) is 31.9 Å². The Hall–Kier alpha value is -4.14. The first-order chi connectivity index (χ1) is 19.4. The summed E-state index contributed by atoms with van der Waals surface area (Å²) < 4.78 is 16.8. The predicted octanol–water partition coefficient (Wildman–Crippen LogP) is 4.34. The number of benzene rings is 3. The molecule has 3 aromatic carbocycles. The third-order valence-corrected chi connectivity index (χ3v) is 7.33. The molecule has 0 saturated carbocycles. The van der Waals surface area contributed by atoms with E-state index in [0.717, 1.165) is 24.2 Å². The number of amides is 1. The molecule has 8 heteroatoms. The molecule has 0 bridgehead atoms. The second kappa shape index (κ2) is 12.4. The van der Waals surface area contributed by atoms with Crippen LogP contribution in [0.15, 0.2) is 78.4 Å². The van der Waals surface area contributed by atoms with Crippen molar-refractivity contribution in [3.8, 4) is 11.5 Å². The van der Waals surface area contributed by atoms with E-state index in [4.69, 9.17) is 14.2 Å². The number of aliphatic hydroxyl groups excluding tert-OH is 1. The Morgan fingerprint density at radius 3 is 2.42 bits per heavy atom. The number of Topliss-reactive ketones (excluding diaryl/α,β-unsaturated/α-hetero) is 1. The molecule has 0 radical (unpaired) electrons. The number of nitrogens with zero attached hydrogens (tertiary/aromatic N) is 2. The molecule has 2 aliphatic heterocycles. The van der Waals surface area contributed by atoms with Gasteiger partial charge in [-0.15, -0.1) is 0 Å². The summed E-state index contributed by atoms with van der Waals surface area (Å²) in [5.74, 6) is -0.308. The SMILES string of the molecule is COc1cccc([C@@H]2C(=C(O)c3ccc(OCc4cccc(C)c4)cc3)C(=O)C(=O)N2CCN2CCOCC2)c1. The van der Waals surface area contributed by atoms with Crippen LogP contribution in [0.2, 0.25) is 0 Å². The lowest BCUT2D eigenvalue weighted by molar-refractivity contribution is -0.140. The Morgan fingerprint density at radius 2 is 1.70 bits per heavy atom. The van der Waals surface area contributed by atoms with Gasteiger partial charge in [0, 0.05) is 31.7 Å². The Balaban J connectivity index is 1.42. The average molecular weight is 543 g/mol. The van der Waals surface area contributed by atoms with Gasteiger partial charge in [-0.25, -0.2) is 0 Å². The van der Waals surface area contributed by atoms with Crippen LogP contribution in [0, 0.1) is 6.92 Å². The van der Waals surface area contributed by atoms with E-state index in [1.807, 2.05) is 37.3 Å². The highest BCUT2D eigenvalue weighted by Crippen LogP contribution is 2.40. The Morgan fingerprint density at radius 1 is 0.950 bits per heavy atom. The van der Waals surface area contributed by atoms with E-state index in [0.29, 0.717) is 55.5 Å². The topological polar surface area (TPSA) is 88.5 Å². The van der Waals surface area contributed by atoms with Crippen LogP contribution in [0.25, 0.3) is 5.76 Å². The van der Waals surface area contributed by atoms with Crippen LogP contribution in [0.1, 0.15) is 28.3 Å². The standard InChI is InChI=1S/C32H34N2O6/c1-22-5-3-6-23(19-22)21-40-26-11-9-24(10-12-26)30(35)28-29(25-7-4-8-27(20-25)38-2)34(32(37)31(28)36)14-13-33-15-17-39-18-16-33/h3-12,19-20,29,35H,13-18,21H2,1-2H3/t29-/m1/s1. The average Bonchev–Trinajstić information content (AvgIpc) is 3.24. The summed E-state index contributed by atoms with van der Waals surface area (Å²) in [5.41, 5.74) is 3.41. The molecule has 3 aromatic rings. The molecule has 208 valence electrons. The highest BCUT2D eigenvalue weighted by atomic mass is 16.5. The first kappa shape index (κ1) is 27.4. The predicted molar refractivity (Wildman–Crippen MR) is 151 cm³/mol. The van der Waals surface area contributed by atoms with Gasteiger partial charge >= 0.3 is 0 Å². The van der Waals surface area contributed by atoms with E-state index in [-0.39, 0.29) is 11.3 Å². The van der Waals surface area contributed by atoms with E-state index in [9.17, 15) is 14.7 Å². The van der Waals surface area contributed by atoms with E-state index >= 15 is 0 Å². The molecule has 8 nitrogen and oxygen atoms in total. The number of morpholine rings is 1. The fourth-order valence-electron chi connectivity index (χ4n) is 5.18. The highest BCUT2D eigenvalue weighted by Gasteiger charge is 2.46. The number of hydrogen-bond donors (Lipinski definition) is 1. The van der Waals surface area contributed by atoms with Crippen molar-refractivity contribution in [2.75, 3.05) is 46.5 Å². The van der Waals surface area contributed by atoms with Gasteiger partial charge in [0.2, 0.25) is 0 Å². The first-order valence-corrected chi connectivity index (χ1v) is 13.5. The van der Waals surface area contributed by atoms with Crippen molar-refractivity contribution in [3.63, 3.8) is 0 Å². The lowest BCUT2D eigenvalue weighted by atomic mass is 9.95. The fraction of sp³-hybridized carbons (Fsp3) is 0.312. The van der Waals surface area contributed by atoms with Crippen molar-refractivity contribution in [1.29, 1.82) is 0 Å². The molecule has 40 heavy (non-hydrogen) atoms. The zero-order chi connectivity index (χ0) is 28.1. The van der Waals surface area contributed by atoms with Gasteiger partial charge in [-0.1, -0.05) is 42.0 Å². The largest absolute Gasteiger partial charge is 0.507 e. The molecular formula is C32H34N2O6. The summed E-state index contributed by atoms with van der Waals surface area (Å²) in [5, 5.41) is 11.4. The number of methoxy groups -OCH3 is 1. The molecular weight excluding hydrogens is 508 g/mol. The fourth-order valence-corrected chi connectivity index (χ4v) is 5.18. The smallest absolute Gasteiger partial charge is 0.295 e. The van der Waals surface area contributed by atoms with Crippen LogP contribution in [-0.2, 0) is 20.9 Å². The van der Waals surface area contributed by atoms with E-state index in [1.165, 1.54) is 0 Å². The summed E-state index contributed by atoms with van der Waals surface area (Å²) in [6.45, 7) is 6.21. The molecule has 0 aromatic heterocycles. The number of aliphatic hydroxyl groups is 1. The molecule has 2 heterocycles. The van der Waals surface area contributed by atoms with Gasteiger partial charge in [-0.3, -0.25) is 14.5 Å². The van der Waals surface area contributed by atoms with Crippen molar-refractivity contribution < 1.29 is 28.9 Å². The minimum Gasteiger partial charge on any atom is -0.507 e. The summed E-state index contributed by atoms with van der Waals surface area (Å²) >= 11 is 0. The van der Waals surface area contributed by atoms with Crippen molar-refractivity contribution in [2.45, 2.75) is 19.6 Å². The quantitative estimate of drug-likeness (QED) is 0.245. The zero-order valence-corrected chi connectivity index (χ0v) is 22.8. The maximum Gasteiger partial charge on any atom is 0.295 e. The molecule has 1 atom stereocenters. The number of rotatable bonds is 9. The van der Waals surface area contributed by atoms with Crippen LogP contribution in [-0.4, -0.2) is 73.1 Å². The maximum atomic E-state index is 13.4. The molecule has 5 rings (SSSR count). The van der Waals surface area contributed by atoms with E-state index < -0.39 is 17.7 Å². The molecule has 2 saturated heterocycles. The number of likely N-dealkylation sites (tertiary alicyclic amines) is 1. The normalized spacial score (nSPS) is 19.1. The lowest BCUT2D eigenvalue weighted by Gasteiger charge is -2.31. The monoisotopic (exact) mass is 542 g/mol. The number of hydrogen-bond acceptors (Lipinski definition) is 7. The van der Waals surface area contributed by atoms with Gasteiger partial charge in [0.25, 0.3) is 11.7 Å². The third-order valence-electron chi connectivity index (χ3n) is 7.33. The minimum atomic E-state index is -0.742. The summed E-state index contributed by atoms with van der Waals surface area (Å²) in [4.78, 5) is 30.4. The summed E-state index contributed by atoms with van der Waals surface area (Å²) in [6, 6.07) is 21.5. The molecule has 2 fully saturated rings. The van der Waals surface area contributed by atoms with E-state index in [2.05, 4.69) is 11.0 Å². The van der Waals surface area contributed by atoms with Gasteiger partial charge in [-0.2, -0.15) is 0 Å². The number of aryl methyl sites for hydroxylation is 1. The van der Waals surface area contributed by atoms with Crippen LogP contribution in [0.5, 0.6) is 11.5 Å². The highest BCUT2D eigenvalue weighted by molar-refractivity contribution is 6.46. The van der Waals surface area contributed by atoms with Crippen LogP contribution < -0.4 is 9.47 Å². The minimum absolute atomic E-state index is 0.0636. The molecule has 2 aliphatic rings. The number of ketones is 1. The number of ether oxygens (including phenoxy) is 3. The van der Waals surface area contributed by atoms with Crippen LogP contribution in [0.4, 0.5) is 0 Å². The van der Waals surface area contributed by atoms with Crippen LogP contribution in [0.3, 0.4) is 0 Å². The summed E-state index contributed by atoms with van der Waals surface area (Å²) in [6.07, 6.45) is 0. The second-order valence-corrected chi connectivity index (χ2v) is 10.0. The van der Waals surface area contributed by atoms with Crippen molar-refractivity contribution in [3.05, 3.63) is 101 Å². The van der Waals surface area contributed by atoms with Crippen LogP contribution >= 0.6 is 0 Å². The Bertz CT molecular complexity index is 1390. The zero-order valence-electron chi connectivity index (χ0n) is 22.8. The van der Waals surface area contributed by atoms with Crippen molar-refractivity contribution >= 4 is 17.4 Å².